The molecule has 2 unspecified atom stereocenters. The van der Waals surface area contributed by atoms with Gasteiger partial charge in [-0.3, -0.25) is 4.68 Å². The average Bonchev–Trinajstić information content (AvgIpc) is 2.59. The second kappa shape index (κ2) is 5.70. The molecule has 0 radical (unpaired) electrons. The molecule has 0 aromatic carbocycles. The van der Waals surface area contributed by atoms with E-state index in [2.05, 4.69) is 37.3 Å². The number of allylic oxidation sites excluding steroid dienone is 2. The van der Waals surface area contributed by atoms with Crippen LogP contribution in [-0.4, -0.2) is 16.3 Å². The molecule has 0 saturated carbocycles. The van der Waals surface area contributed by atoms with E-state index in [1.54, 1.807) is 5.57 Å². The molecule has 0 aliphatic heterocycles. The minimum absolute atomic E-state index is 0.741. The SMILES string of the molecule is CC1=CC(C)CC(CNCc2cnn(C)c2C)C1. The van der Waals surface area contributed by atoms with E-state index in [0.29, 0.717) is 0 Å². The molecule has 3 heteroatoms. The third-order valence-electron chi connectivity index (χ3n) is 3.97. The lowest BCUT2D eigenvalue weighted by Gasteiger charge is -2.25. The summed E-state index contributed by atoms with van der Waals surface area (Å²) < 4.78 is 1.94. The van der Waals surface area contributed by atoms with Gasteiger partial charge in [0.05, 0.1) is 6.20 Å². The van der Waals surface area contributed by atoms with Crippen LogP contribution in [0, 0.1) is 18.8 Å². The van der Waals surface area contributed by atoms with Crippen molar-refractivity contribution in [3.05, 3.63) is 29.1 Å². The Balaban J connectivity index is 1.79. The van der Waals surface area contributed by atoms with Crippen LogP contribution in [0.15, 0.2) is 17.8 Å². The molecule has 1 aromatic heterocycles. The highest BCUT2D eigenvalue weighted by Crippen LogP contribution is 2.27. The normalized spacial score (nSPS) is 24.1. The second-order valence-corrected chi connectivity index (χ2v) is 5.81. The molecule has 0 bridgehead atoms. The van der Waals surface area contributed by atoms with Crippen LogP contribution in [0.5, 0.6) is 0 Å². The third-order valence-corrected chi connectivity index (χ3v) is 3.97. The van der Waals surface area contributed by atoms with E-state index in [1.807, 2.05) is 17.9 Å². The molecule has 1 aliphatic rings. The van der Waals surface area contributed by atoms with Crippen molar-refractivity contribution in [2.45, 2.75) is 40.2 Å². The van der Waals surface area contributed by atoms with Crippen molar-refractivity contribution in [3.8, 4) is 0 Å². The van der Waals surface area contributed by atoms with Gasteiger partial charge in [0, 0.05) is 24.8 Å². The number of aryl methyl sites for hydroxylation is 1. The zero-order valence-electron chi connectivity index (χ0n) is 12.0. The summed E-state index contributed by atoms with van der Waals surface area (Å²) in [6.45, 7) is 8.76. The predicted octanol–water partition coefficient (Wildman–Crippen LogP) is 2.81. The first-order valence-corrected chi connectivity index (χ1v) is 6.91. The van der Waals surface area contributed by atoms with Crippen LogP contribution >= 0.6 is 0 Å². The average molecular weight is 247 g/mol. The molecule has 0 amide bonds. The number of rotatable bonds is 4. The monoisotopic (exact) mass is 247 g/mol. The smallest absolute Gasteiger partial charge is 0.0537 e. The van der Waals surface area contributed by atoms with Gasteiger partial charge in [0.25, 0.3) is 0 Å². The molecule has 2 atom stereocenters. The Morgan fingerprint density at radius 3 is 2.83 bits per heavy atom. The minimum Gasteiger partial charge on any atom is -0.312 e. The van der Waals surface area contributed by atoms with Gasteiger partial charge in [-0.05, 0) is 45.1 Å². The van der Waals surface area contributed by atoms with Gasteiger partial charge in [0.1, 0.15) is 0 Å². The molecule has 0 spiro atoms. The van der Waals surface area contributed by atoms with Gasteiger partial charge in [-0.25, -0.2) is 0 Å². The van der Waals surface area contributed by atoms with Crippen LogP contribution in [0.25, 0.3) is 0 Å². The summed E-state index contributed by atoms with van der Waals surface area (Å²) in [5.41, 5.74) is 4.13. The zero-order chi connectivity index (χ0) is 13.1. The van der Waals surface area contributed by atoms with Gasteiger partial charge in [-0.15, -0.1) is 0 Å². The highest BCUT2D eigenvalue weighted by molar-refractivity contribution is 5.15. The molecule has 1 N–H and O–H groups in total. The highest BCUT2D eigenvalue weighted by atomic mass is 15.3. The van der Waals surface area contributed by atoms with Crippen molar-refractivity contribution in [2.24, 2.45) is 18.9 Å². The van der Waals surface area contributed by atoms with Crippen LogP contribution in [0.2, 0.25) is 0 Å². The molecule has 1 aromatic rings. The molecule has 1 aliphatic carbocycles. The lowest BCUT2D eigenvalue weighted by Crippen LogP contribution is -2.26. The number of hydrogen-bond donors (Lipinski definition) is 1. The first-order chi connectivity index (χ1) is 8.56. The maximum atomic E-state index is 4.27. The predicted molar refractivity (Wildman–Crippen MR) is 75.3 cm³/mol. The van der Waals surface area contributed by atoms with Gasteiger partial charge in [-0.1, -0.05) is 18.6 Å². The lowest BCUT2D eigenvalue weighted by molar-refractivity contribution is 0.381. The minimum atomic E-state index is 0.741. The van der Waals surface area contributed by atoms with Crippen LogP contribution in [-0.2, 0) is 13.6 Å². The van der Waals surface area contributed by atoms with Crippen molar-refractivity contribution in [2.75, 3.05) is 6.54 Å². The quantitative estimate of drug-likeness (QED) is 0.829. The molecule has 18 heavy (non-hydrogen) atoms. The van der Waals surface area contributed by atoms with Crippen LogP contribution in [0.1, 0.15) is 37.9 Å². The van der Waals surface area contributed by atoms with E-state index >= 15 is 0 Å². The molecule has 3 nitrogen and oxygen atoms in total. The van der Waals surface area contributed by atoms with Gasteiger partial charge in [0.2, 0.25) is 0 Å². The molecule has 1 heterocycles. The summed E-state index contributed by atoms with van der Waals surface area (Å²) in [5.74, 6) is 1.53. The summed E-state index contributed by atoms with van der Waals surface area (Å²) in [7, 11) is 2.00. The molecule has 0 saturated heterocycles. The fourth-order valence-electron chi connectivity index (χ4n) is 2.97. The summed E-state index contributed by atoms with van der Waals surface area (Å²) in [6.07, 6.45) is 6.96. The Morgan fingerprint density at radius 2 is 2.22 bits per heavy atom. The standard InChI is InChI=1S/C15H25N3/c1-11-5-12(2)7-14(6-11)8-16-9-15-10-17-18(4)13(15)3/h5,10-11,14,16H,6-9H2,1-4H3. The van der Waals surface area contributed by atoms with E-state index in [4.69, 9.17) is 0 Å². The van der Waals surface area contributed by atoms with Crippen molar-refractivity contribution in [3.63, 3.8) is 0 Å². The Kier molecular flexibility index (Phi) is 4.23. The fraction of sp³-hybridized carbons (Fsp3) is 0.667. The van der Waals surface area contributed by atoms with Gasteiger partial charge in [0.15, 0.2) is 0 Å². The highest BCUT2D eigenvalue weighted by Gasteiger charge is 2.17. The lowest BCUT2D eigenvalue weighted by atomic mass is 9.84. The number of nitrogens with one attached hydrogen (secondary N) is 1. The van der Waals surface area contributed by atoms with Crippen molar-refractivity contribution in [1.82, 2.24) is 15.1 Å². The topological polar surface area (TPSA) is 29.9 Å². The van der Waals surface area contributed by atoms with Crippen LogP contribution in [0.4, 0.5) is 0 Å². The second-order valence-electron chi connectivity index (χ2n) is 5.81. The van der Waals surface area contributed by atoms with E-state index in [9.17, 15) is 0 Å². The Labute approximate surface area is 110 Å². The van der Waals surface area contributed by atoms with Crippen molar-refractivity contribution >= 4 is 0 Å². The Hall–Kier alpha value is -1.09. The fourth-order valence-corrected chi connectivity index (χ4v) is 2.97. The zero-order valence-corrected chi connectivity index (χ0v) is 12.0. The van der Waals surface area contributed by atoms with Gasteiger partial charge < -0.3 is 5.32 Å². The van der Waals surface area contributed by atoms with Gasteiger partial charge in [-0.2, -0.15) is 5.10 Å². The summed E-state index contributed by atoms with van der Waals surface area (Å²) in [4.78, 5) is 0. The maximum Gasteiger partial charge on any atom is 0.0537 e. The molecule has 2 rings (SSSR count). The maximum absolute atomic E-state index is 4.27. The molecule has 100 valence electrons. The number of aromatic nitrogens is 2. The Bertz CT molecular complexity index is 431. The summed E-state index contributed by atoms with van der Waals surface area (Å²) in [5, 5.41) is 7.86. The molecule has 0 fully saturated rings. The summed E-state index contributed by atoms with van der Waals surface area (Å²) >= 11 is 0. The largest absolute Gasteiger partial charge is 0.312 e. The molecular weight excluding hydrogens is 222 g/mol. The first kappa shape index (κ1) is 13.3. The van der Waals surface area contributed by atoms with Crippen LogP contribution < -0.4 is 5.32 Å². The van der Waals surface area contributed by atoms with E-state index in [-0.39, 0.29) is 0 Å². The van der Waals surface area contributed by atoms with Crippen LogP contribution in [0.3, 0.4) is 0 Å². The van der Waals surface area contributed by atoms with E-state index in [0.717, 1.165) is 24.9 Å². The third kappa shape index (κ3) is 3.22. The molecular formula is C15H25N3. The Morgan fingerprint density at radius 1 is 1.44 bits per heavy atom. The summed E-state index contributed by atoms with van der Waals surface area (Å²) in [6, 6.07) is 0. The number of hydrogen-bond acceptors (Lipinski definition) is 2. The van der Waals surface area contributed by atoms with Crippen molar-refractivity contribution < 1.29 is 0 Å². The van der Waals surface area contributed by atoms with E-state index in [1.165, 1.54) is 24.1 Å². The van der Waals surface area contributed by atoms with Gasteiger partial charge >= 0.3 is 0 Å². The first-order valence-electron chi connectivity index (χ1n) is 6.91. The number of nitrogens with zero attached hydrogens (tertiary/aromatic N) is 2. The van der Waals surface area contributed by atoms with Crippen molar-refractivity contribution in [1.29, 1.82) is 0 Å². The van der Waals surface area contributed by atoms with E-state index < -0.39 is 0 Å².